The molecule has 2 aromatic heterocycles. The van der Waals surface area contributed by atoms with Gasteiger partial charge in [0.15, 0.2) is 0 Å². The molecule has 0 fully saturated rings. The van der Waals surface area contributed by atoms with Gasteiger partial charge in [-0.1, -0.05) is 30.4 Å². The highest BCUT2D eigenvalue weighted by Crippen LogP contribution is 2.23. The summed E-state index contributed by atoms with van der Waals surface area (Å²) in [4.78, 5) is 4.85. The number of hydrogen-bond donors (Lipinski definition) is 1. The number of hydrogen-bond acceptors (Lipinski definition) is 5. The van der Waals surface area contributed by atoms with E-state index in [1.165, 1.54) is 15.9 Å². The van der Waals surface area contributed by atoms with Crippen LogP contribution in [0, 0.1) is 13.8 Å². The van der Waals surface area contributed by atoms with E-state index in [1.807, 2.05) is 19.1 Å². The van der Waals surface area contributed by atoms with Crippen molar-refractivity contribution in [3.05, 3.63) is 40.5 Å². The van der Waals surface area contributed by atoms with Gasteiger partial charge in [-0.3, -0.25) is 4.72 Å². The van der Waals surface area contributed by atoms with Crippen LogP contribution in [-0.4, -0.2) is 23.0 Å². The van der Waals surface area contributed by atoms with Crippen molar-refractivity contribution in [2.75, 3.05) is 4.72 Å². The van der Waals surface area contributed by atoms with Crippen LogP contribution in [0.15, 0.2) is 29.3 Å². The molecule has 0 saturated carbocycles. The van der Waals surface area contributed by atoms with E-state index in [-0.39, 0.29) is 5.03 Å². The predicted octanol–water partition coefficient (Wildman–Crippen LogP) is 2.77. The second-order valence-corrected chi connectivity index (χ2v) is 7.73. The zero-order chi connectivity index (χ0) is 15.9. The molecule has 0 aliphatic carbocycles. The molecule has 3 rings (SSSR count). The normalized spacial score (nSPS) is 12.0. The first-order chi connectivity index (χ1) is 10.4. The predicted molar refractivity (Wildman–Crippen MR) is 87.0 cm³/mol. The Morgan fingerprint density at radius 2 is 1.91 bits per heavy atom. The molecule has 6 nitrogen and oxygen atoms in total. The van der Waals surface area contributed by atoms with Crippen molar-refractivity contribution in [1.82, 2.24) is 14.6 Å². The Labute approximate surface area is 132 Å². The van der Waals surface area contributed by atoms with Gasteiger partial charge in [-0.05, 0) is 38.0 Å². The fourth-order valence-corrected chi connectivity index (χ4v) is 4.42. The van der Waals surface area contributed by atoms with Crippen molar-refractivity contribution >= 4 is 32.0 Å². The van der Waals surface area contributed by atoms with Crippen LogP contribution in [0.25, 0.3) is 4.96 Å². The highest BCUT2D eigenvalue weighted by Gasteiger charge is 2.25. The lowest BCUT2D eigenvalue weighted by atomic mass is 10.2. The van der Waals surface area contributed by atoms with Gasteiger partial charge in [0.1, 0.15) is 5.01 Å². The number of imidazole rings is 1. The van der Waals surface area contributed by atoms with E-state index in [2.05, 4.69) is 21.7 Å². The fourth-order valence-electron chi connectivity index (χ4n) is 2.25. The minimum atomic E-state index is -3.74. The van der Waals surface area contributed by atoms with Crippen molar-refractivity contribution in [3.63, 3.8) is 0 Å². The van der Waals surface area contributed by atoms with Crippen LogP contribution in [-0.2, 0) is 16.4 Å². The average Bonchev–Trinajstić information content (AvgIpc) is 2.93. The summed E-state index contributed by atoms with van der Waals surface area (Å²) >= 11 is 1.36. The third kappa shape index (κ3) is 2.59. The summed E-state index contributed by atoms with van der Waals surface area (Å²) in [6.07, 6.45) is 0.910. The van der Waals surface area contributed by atoms with E-state index in [0.717, 1.165) is 17.0 Å². The second kappa shape index (κ2) is 5.36. The van der Waals surface area contributed by atoms with Crippen molar-refractivity contribution in [3.8, 4) is 0 Å². The quantitative estimate of drug-likeness (QED) is 0.795. The van der Waals surface area contributed by atoms with Gasteiger partial charge in [0.05, 0.1) is 5.69 Å². The first-order valence-electron chi connectivity index (χ1n) is 6.85. The van der Waals surface area contributed by atoms with E-state index >= 15 is 0 Å². The maximum absolute atomic E-state index is 12.7. The molecule has 22 heavy (non-hydrogen) atoms. The van der Waals surface area contributed by atoms with Crippen molar-refractivity contribution in [2.45, 2.75) is 32.2 Å². The van der Waals surface area contributed by atoms with Crippen molar-refractivity contribution in [2.24, 2.45) is 0 Å². The first kappa shape index (κ1) is 15.0. The smallest absolute Gasteiger partial charge is 0.278 e. The number of sulfonamides is 1. The summed E-state index contributed by atoms with van der Waals surface area (Å²) < 4.78 is 29.3. The molecular weight excluding hydrogens is 320 g/mol. The highest BCUT2D eigenvalue weighted by molar-refractivity contribution is 7.92. The van der Waals surface area contributed by atoms with Crippen LogP contribution in [0.3, 0.4) is 0 Å². The molecule has 0 bridgehead atoms. The lowest BCUT2D eigenvalue weighted by molar-refractivity contribution is 0.592. The van der Waals surface area contributed by atoms with Crippen molar-refractivity contribution in [1.29, 1.82) is 0 Å². The van der Waals surface area contributed by atoms with Gasteiger partial charge >= 0.3 is 0 Å². The number of nitrogens with zero attached hydrogens (tertiary/aromatic N) is 3. The summed E-state index contributed by atoms with van der Waals surface area (Å²) in [7, 11) is -3.74. The molecule has 3 aromatic rings. The SMILES string of the molecule is CCc1ccc(NS(=O)(=O)c2c(C)nc3sc(C)nn23)cc1. The third-order valence-corrected chi connectivity index (χ3v) is 5.60. The molecule has 116 valence electrons. The van der Waals surface area contributed by atoms with Gasteiger partial charge in [-0.15, -0.1) is 0 Å². The Morgan fingerprint density at radius 3 is 2.55 bits per heavy atom. The van der Waals surface area contributed by atoms with Crippen LogP contribution >= 0.6 is 11.3 Å². The monoisotopic (exact) mass is 336 g/mol. The maximum Gasteiger partial charge on any atom is 0.281 e. The standard InChI is InChI=1S/C14H16N4O2S2/c1-4-11-5-7-12(8-6-11)17-22(19,20)13-9(2)15-14-18(13)16-10(3)21-14/h5-8,17H,4H2,1-3H3. The van der Waals surface area contributed by atoms with Gasteiger partial charge in [0.25, 0.3) is 10.0 Å². The molecule has 0 aliphatic rings. The van der Waals surface area contributed by atoms with Crippen LogP contribution in [0.2, 0.25) is 0 Å². The Balaban J connectivity index is 2.01. The molecule has 0 amide bonds. The third-order valence-electron chi connectivity index (χ3n) is 3.30. The average molecular weight is 336 g/mol. The lowest BCUT2D eigenvalue weighted by Crippen LogP contribution is -2.16. The highest BCUT2D eigenvalue weighted by atomic mass is 32.2. The number of fused-ring (bicyclic) bond motifs is 1. The van der Waals surface area contributed by atoms with Gasteiger partial charge in [0, 0.05) is 5.69 Å². The van der Waals surface area contributed by atoms with E-state index in [4.69, 9.17) is 0 Å². The molecule has 8 heteroatoms. The first-order valence-corrected chi connectivity index (χ1v) is 9.15. The number of rotatable bonds is 4. The van der Waals surface area contributed by atoms with Gasteiger partial charge in [0.2, 0.25) is 9.99 Å². The molecule has 1 N–H and O–H groups in total. The molecular formula is C14H16N4O2S2. The topological polar surface area (TPSA) is 76.4 Å². The fraction of sp³-hybridized carbons (Fsp3) is 0.286. The Morgan fingerprint density at radius 1 is 1.23 bits per heavy atom. The van der Waals surface area contributed by atoms with Crippen LogP contribution in [0.4, 0.5) is 5.69 Å². The summed E-state index contributed by atoms with van der Waals surface area (Å²) in [6.45, 7) is 5.55. The van der Waals surface area contributed by atoms with Crippen LogP contribution in [0.1, 0.15) is 23.2 Å². The summed E-state index contributed by atoms with van der Waals surface area (Å²) in [5.74, 6) is 0. The second-order valence-electron chi connectivity index (χ2n) is 4.97. The number of nitrogens with one attached hydrogen (secondary N) is 1. The summed E-state index contributed by atoms with van der Waals surface area (Å²) in [6, 6.07) is 7.33. The van der Waals surface area contributed by atoms with Gasteiger partial charge in [-0.25, -0.2) is 4.98 Å². The zero-order valence-electron chi connectivity index (χ0n) is 12.5. The summed E-state index contributed by atoms with van der Waals surface area (Å²) in [5.41, 5.74) is 2.12. The van der Waals surface area contributed by atoms with Gasteiger partial charge < -0.3 is 0 Å². The number of aryl methyl sites for hydroxylation is 3. The summed E-state index contributed by atoms with van der Waals surface area (Å²) in [5, 5.41) is 5.08. The maximum atomic E-state index is 12.7. The van der Waals surface area contributed by atoms with E-state index < -0.39 is 10.0 Å². The zero-order valence-corrected chi connectivity index (χ0v) is 14.1. The van der Waals surface area contributed by atoms with Crippen LogP contribution < -0.4 is 4.72 Å². The molecule has 0 radical (unpaired) electrons. The minimum Gasteiger partial charge on any atom is -0.278 e. The van der Waals surface area contributed by atoms with E-state index in [9.17, 15) is 8.42 Å². The number of benzene rings is 1. The van der Waals surface area contributed by atoms with Crippen molar-refractivity contribution < 1.29 is 8.42 Å². The Hall–Kier alpha value is -1.93. The molecule has 0 saturated heterocycles. The lowest BCUT2D eigenvalue weighted by Gasteiger charge is -2.08. The molecule has 0 atom stereocenters. The molecule has 0 aliphatic heterocycles. The Bertz CT molecular complexity index is 924. The molecule has 0 spiro atoms. The van der Waals surface area contributed by atoms with Crippen LogP contribution in [0.5, 0.6) is 0 Å². The van der Waals surface area contributed by atoms with Gasteiger partial charge in [-0.2, -0.15) is 18.0 Å². The molecule has 1 aromatic carbocycles. The number of anilines is 1. The van der Waals surface area contributed by atoms with E-state index in [0.29, 0.717) is 16.3 Å². The largest absolute Gasteiger partial charge is 0.281 e. The number of aromatic nitrogens is 3. The molecule has 2 heterocycles. The molecule has 0 unspecified atom stereocenters. The van der Waals surface area contributed by atoms with E-state index in [1.54, 1.807) is 19.1 Å². The Kier molecular flexibility index (Phi) is 3.65. The minimum absolute atomic E-state index is 0.0893.